The number of carbonyl (C=O) groups is 2. The van der Waals surface area contributed by atoms with Crippen LogP contribution in [0.4, 0.5) is 5.69 Å². The van der Waals surface area contributed by atoms with E-state index in [1.165, 1.54) is 23.3 Å². The molecular formula is C25H23NO5S. The van der Waals surface area contributed by atoms with Gasteiger partial charge in [-0.05, 0) is 61.2 Å². The summed E-state index contributed by atoms with van der Waals surface area (Å²) >= 11 is 1.41. The van der Waals surface area contributed by atoms with E-state index in [9.17, 15) is 14.7 Å². The Morgan fingerprint density at radius 2 is 1.88 bits per heavy atom. The van der Waals surface area contributed by atoms with Gasteiger partial charge in [-0.1, -0.05) is 18.2 Å². The van der Waals surface area contributed by atoms with Gasteiger partial charge < -0.3 is 14.6 Å². The smallest absolute Gasteiger partial charge is 0.300 e. The normalized spacial score (nSPS) is 17.6. The van der Waals surface area contributed by atoms with E-state index in [2.05, 4.69) is 0 Å². The molecule has 1 aromatic heterocycles. The van der Waals surface area contributed by atoms with Crippen molar-refractivity contribution in [1.82, 2.24) is 0 Å². The molecule has 6 nitrogen and oxygen atoms in total. The van der Waals surface area contributed by atoms with Gasteiger partial charge in [0.1, 0.15) is 23.3 Å². The van der Waals surface area contributed by atoms with Gasteiger partial charge in [-0.25, -0.2) is 0 Å². The molecule has 1 atom stereocenters. The van der Waals surface area contributed by atoms with Gasteiger partial charge in [0, 0.05) is 10.4 Å². The number of hydrogen-bond donors (Lipinski definition) is 1. The number of ketones is 1. The van der Waals surface area contributed by atoms with Crippen molar-refractivity contribution in [2.75, 3.05) is 18.6 Å². The summed E-state index contributed by atoms with van der Waals surface area (Å²) in [6.45, 7) is 4.29. The Hall–Kier alpha value is -3.58. The maximum atomic E-state index is 13.2. The van der Waals surface area contributed by atoms with Crippen molar-refractivity contribution in [2.45, 2.75) is 19.9 Å². The molecule has 0 bridgehead atoms. The average Bonchev–Trinajstić information content (AvgIpc) is 3.42. The first-order valence-corrected chi connectivity index (χ1v) is 11.1. The Morgan fingerprint density at radius 3 is 2.53 bits per heavy atom. The van der Waals surface area contributed by atoms with Gasteiger partial charge in [-0.2, -0.15) is 0 Å². The molecule has 0 radical (unpaired) electrons. The van der Waals surface area contributed by atoms with E-state index >= 15 is 0 Å². The number of thiophene rings is 1. The number of ether oxygens (including phenoxy) is 2. The molecule has 1 amide bonds. The van der Waals surface area contributed by atoms with E-state index < -0.39 is 17.7 Å². The molecule has 1 unspecified atom stereocenters. The molecule has 2 aromatic carbocycles. The van der Waals surface area contributed by atoms with E-state index in [4.69, 9.17) is 9.47 Å². The molecule has 1 aliphatic rings. The van der Waals surface area contributed by atoms with Gasteiger partial charge in [0.15, 0.2) is 0 Å². The van der Waals surface area contributed by atoms with Gasteiger partial charge >= 0.3 is 0 Å². The van der Waals surface area contributed by atoms with Gasteiger partial charge in [0.2, 0.25) is 0 Å². The van der Waals surface area contributed by atoms with Crippen molar-refractivity contribution in [2.24, 2.45) is 0 Å². The van der Waals surface area contributed by atoms with Crippen LogP contribution in [0.3, 0.4) is 0 Å². The SMILES string of the molecule is CCOc1ccc(/C(O)=C2/C(=O)C(=O)N(c3ccccc3OC)C2c2cccs2)cc1C. The zero-order valence-electron chi connectivity index (χ0n) is 18.0. The second-order valence-corrected chi connectivity index (χ2v) is 8.25. The van der Waals surface area contributed by atoms with Crippen LogP contribution in [-0.2, 0) is 9.59 Å². The highest BCUT2D eigenvalue weighted by Gasteiger charge is 2.48. The Bertz CT molecular complexity index is 1200. The topological polar surface area (TPSA) is 76.1 Å². The van der Waals surface area contributed by atoms with Crippen molar-refractivity contribution in [3.63, 3.8) is 0 Å². The summed E-state index contributed by atoms with van der Waals surface area (Å²) in [5, 5.41) is 13.1. The largest absolute Gasteiger partial charge is 0.507 e. The van der Waals surface area contributed by atoms with Crippen LogP contribution in [0.15, 0.2) is 65.6 Å². The molecule has 1 fully saturated rings. The van der Waals surface area contributed by atoms with Crippen LogP contribution in [-0.4, -0.2) is 30.5 Å². The minimum Gasteiger partial charge on any atom is -0.507 e. The van der Waals surface area contributed by atoms with Crippen molar-refractivity contribution in [3.8, 4) is 11.5 Å². The van der Waals surface area contributed by atoms with E-state index in [1.54, 1.807) is 42.5 Å². The number of benzene rings is 2. The predicted octanol–water partition coefficient (Wildman–Crippen LogP) is 5.09. The Morgan fingerprint density at radius 1 is 1.09 bits per heavy atom. The van der Waals surface area contributed by atoms with Gasteiger partial charge in [0.05, 0.1) is 25.0 Å². The van der Waals surface area contributed by atoms with Crippen LogP contribution in [0.25, 0.3) is 5.76 Å². The highest BCUT2D eigenvalue weighted by Crippen LogP contribution is 2.46. The zero-order chi connectivity index (χ0) is 22.8. The molecule has 32 heavy (non-hydrogen) atoms. The van der Waals surface area contributed by atoms with E-state index in [-0.39, 0.29) is 11.3 Å². The number of hydrogen-bond acceptors (Lipinski definition) is 6. The molecule has 1 aliphatic heterocycles. The number of nitrogens with zero attached hydrogens (tertiary/aromatic N) is 1. The molecule has 7 heteroatoms. The van der Waals surface area contributed by atoms with Crippen LogP contribution >= 0.6 is 11.3 Å². The number of aliphatic hydroxyl groups is 1. The maximum absolute atomic E-state index is 13.2. The highest BCUT2D eigenvalue weighted by molar-refractivity contribution is 7.10. The second-order valence-electron chi connectivity index (χ2n) is 7.27. The van der Waals surface area contributed by atoms with Gasteiger partial charge in [-0.15, -0.1) is 11.3 Å². The quantitative estimate of drug-likeness (QED) is 0.322. The standard InChI is InChI=1S/C25H23NO5S/c1-4-31-18-12-11-16(14-15(18)2)23(27)21-22(20-10-7-13-32-20)26(25(29)24(21)28)17-8-5-6-9-19(17)30-3/h5-14,22,27H,4H2,1-3H3/b23-21-. The number of carbonyl (C=O) groups excluding carboxylic acids is 2. The minimum absolute atomic E-state index is 0.0481. The number of rotatable bonds is 6. The van der Waals surface area contributed by atoms with E-state index in [0.29, 0.717) is 29.4 Å². The van der Waals surface area contributed by atoms with Crippen molar-refractivity contribution in [3.05, 3.63) is 81.6 Å². The lowest BCUT2D eigenvalue weighted by Crippen LogP contribution is -2.29. The summed E-state index contributed by atoms with van der Waals surface area (Å²) in [6.07, 6.45) is 0. The molecular weight excluding hydrogens is 426 g/mol. The first-order chi connectivity index (χ1) is 15.5. The number of Topliss-reactive ketones (excluding diaryl/α,β-unsaturated/α-hetero) is 1. The summed E-state index contributed by atoms with van der Waals surface area (Å²) in [5.41, 5.74) is 1.79. The minimum atomic E-state index is -0.766. The summed E-state index contributed by atoms with van der Waals surface area (Å²) in [5.74, 6) is -0.498. The molecule has 0 spiro atoms. The number of aliphatic hydroxyl groups excluding tert-OH is 1. The summed E-state index contributed by atoms with van der Waals surface area (Å²) < 4.78 is 11.0. The van der Waals surface area contributed by atoms with Gasteiger partial charge in [-0.3, -0.25) is 14.5 Å². The van der Waals surface area contributed by atoms with Crippen LogP contribution in [0.2, 0.25) is 0 Å². The average molecular weight is 450 g/mol. The molecule has 1 saturated heterocycles. The second kappa shape index (κ2) is 8.88. The van der Waals surface area contributed by atoms with Gasteiger partial charge in [0.25, 0.3) is 11.7 Å². The fourth-order valence-corrected chi connectivity index (χ4v) is 4.72. The summed E-state index contributed by atoms with van der Waals surface area (Å²) in [4.78, 5) is 28.6. The summed E-state index contributed by atoms with van der Waals surface area (Å²) in [6, 6.07) is 15.2. The van der Waals surface area contributed by atoms with Crippen LogP contribution in [0.1, 0.15) is 29.0 Å². The monoisotopic (exact) mass is 449 g/mol. The van der Waals surface area contributed by atoms with E-state index in [1.807, 2.05) is 31.4 Å². The lowest BCUT2D eigenvalue weighted by molar-refractivity contribution is -0.132. The Labute approximate surface area is 190 Å². The maximum Gasteiger partial charge on any atom is 0.300 e. The first kappa shape index (κ1) is 21.6. The van der Waals surface area contributed by atoms with Crippen molar-refractivity contribution >= 4 is 34.5 Å². The highest BCUT2D eigenvalue weighted by atomic mass is 32.1. The number of methoxy groups -OCH3 is 1. The number of para-hydroxylation sites is 2. The number of amides is 1. The third kappa shape index (κ3) is 3.65. The molecule has 4 rings (SSSR count). The molecule has 1 N–H and O–H groups in total. The molecule has 3 aromatic rings. The van der Waals surface area contributed by atoms with Crippen LogP contribution in [0, 0.1) is 6.92 Å². The molecule has 2 heterocycles. The van der Waals surface area contributed by atoms with E-state index in [0.717, 1.165) is 10.4 Å². The summed E-state index contributed by atoms with van der Waals surface area (Å²) in [7, 11) is 1.51. The third-order valence-electron chi connectivity index (χ3n) is 5.35. The van der Waals surface area contributed by atoms with Crippen molar-refractivity contribution in [1.29, 1.82) is 0 Å². The number of anilines is 1. The predicted molar refractivity (Wildman–Crippen MR) is 124 cm³/mol. The fraction of sp³-hybridized carbons (Fsp3) is 0.200. The van der Waals surface area contributed by atoms with Crippen molar-refractivity contribution < 1.29 is 24.2 Å². The Balaban J connectivity index is 1.90. The lowest BCUT2D eigenvalue weighted by atomic mass is 9.98. The first-order valence-electron chi connectivity index (χ1n) is 10.2. The van der Waals surface area contributed by atoms with Crippen LogP contribution in [0.5, 0.6) is 11.5 Å². The fourth-order valence-electron chi connectivity index (χ4n) is 3.90. The molecule has 0 aliphatic carbocycles. The Kier molecular flexibility index (Phi) is 6.01. The lowest BCUT2D eigenvalue weighted by Gasteiger charge is -2.25. The number of aryl methyl sites for hydroxylation is 1. The van der Waals surface area contributed by atoms with Crippen LogP contribution < -0.4 is 14.4 Å². The zero-order valence-corrected chi connectivity index (χ0v) is 18.8. The molecule has 164 valence electrons. The molecule has 0 saturated carbocycles. The third-order valence-corrected chi connectivity index (χ3v) is 6.27.